The smallest absolute Gasteiger partial charge is 0.384 e. The first kappa shape index (κ1) is 14.2. The topological polar surface area (TPSA) is 12.0 Å². The van der Waals surface area contributed by atoms with Crippen molar-refractivity contribution < 1.29 is 13.2 Å². The minimum Gasteiger partial charge on any atom is -0.384 e. The molecule has 0 heterocycles. The van der Waals surface area contributed by atoms with E-state index in [2.05, 4.69) is 5.32 Å². The van der Waals surface area contributed by atoms with Crippen LogP contribution >= 0.6 is 11.6 Å². The molecular weight excluding hydrogens is 251 g/mol. The number of nitrogens with one attached hydrogen (secondary N) is 1. The maximum absolute atomic E-state index is 12.3. The quantitative estimate of drug-likeness (QED) is 0.772. The van der Waals surface area contributed by atoms with Gasteiger partial charge in [-0.25, -0.2) is 0 Å². The number of benzene rings is 1. The molecule has 0 aliphatic heterocycles. The number of alkyl halides is 4. The Morgan fingerprint density at radius 3 is 2.29 bits per heavy atom. The molecule has 0 radical (unpaired) electrons. The number of hydrogen-bond donors (Lipinski definition) is 1. The SMILES string of the molecule is CCCC(Cl)CNc1ccc(C(F)(F)F)cc1. The zero-order valence-electron chi connectivity index (χ0n) is 9.52. The van der Waals surface area contributed by atoms with Crippen LogP contribution in [0.25, 0.3) is 0 Å². The molecule has 0 saturated carbocycles. The highest BCUT2D eigenvalue weighted by molar-refractivity contribution is 6.20. The maximum atomic E-state index is 12.3. The van der Waals surface area contributed by atoms with Gasteiger partial charge in [-0.3, -0.25) is 0 Å². The lowest BCUT2D eigenvalue weighted by Crippen LogP contribution is -2.14. The van der Waals surface area contributed by atoms with Gasteiger partial charge in [-0.1, -0.05) is 13.3 Å². The Morgan fingerprint density at radius 1 is 1.24 bits per heavy atom. The van der Waals surface area contributed by atoms with Gasteiger partial charge in [-0.2, -0.15) is 13.2 Å². The van der Waals surface area contributed by atoms with Gasteiger partial charge in [0, 0.05) is 12.2 Å². The Bertz CT molecular complexity index is 335. The Balaban J connectivity index is 2.51. The van der Waals surface area contributed by atoms with E-state index in [1.54, 1.807) is 0 Å². The lowest BCUT2D eigenvalue weighted by molar-refractivity contribution is -0.137. The van der Waals surface area contributed by atoms with Gasteiger partial charge in [-0.05, 0) is 30.7 Å². The van der Waals surface area contributed by atoms with Gasteiger partial charge in [0.1, 0.15) is 0 Å². The average molecular weight is 266 g/mol. The van der Waals surface area contributed by atoms with Gasteiger partial charge >= 0.3 is 6.18 Å². The van der Waals surface area contributed by atoms with Crippen molar-refractivity contribution >= 4 is 17.3 Å². The Morgan fingerprint density at radius 2 is 1.82 bits per heavy atom. The molecule has 1 rings (SSSR count). The summed E-state index contributed by atoms with van der Waals surface area (Å²) in [4.78, 5) is 0. The molecule has 1 atom stereocenters. The van der Waals surface area contributed by atoms with E-state index in [0.717, 1.165) is 25.0 Å². The van der Waals surface area contributed by atoms with Crippen molar-refractivity contribution in [1.82, 2.24) is 0 Å². The zero-order chi connectivity index (χ0) is 12.9. The van der Waals surface area contributed by atoms with Gasteiger partial charge in [0.25, 0.3) is 0 Å². The van der Waals surface area contributed by atoms with Gasteiger partial charge in [0.15, 0.2) is 0 Å². The van der Waals surface area contributed by atoms with Gasteiger partial charge in [0.2, 0.25) is 0 Å². The number of halogens is 4. The van der Waals surface area contributed by atoms with Crippen molar-refractivity contribution in [1.29, 1.82) is 0 Å². The molecule has 96 valence electrons. The lowest BCUT2D eigenvalue weighted by Gasteiger charge is -2.12. The fraction of sp³-hybridized carbons (Fsp3) is 0.500. The second-order valence-electron chi connectivity index (χ2n) is 3.84. The average Bonchev–Trinajstić information content (AvgIpc) is 2.26. The van der Waals surface area contributed by atoms with E-state index < -0.39 is 11.7 Å². The van der Waals surface area contributed by atoms with Crippen LogP contribution in [0.15, 0.2) is 24.3 Å². The van der Waals surface area contributed by atoms with Gasteiger partial charge in [-0.15, -0.1) is 11.6 Å². The van der Waals surface area contributed by atoms with Crippen molar-refractivity contribution in [2.24, 2.45) is 0 Å². The van der Waals surface area contributed by atoms with Crippen LogP contribution in [-0.4, -0.2) is 11.9 Å². The van der Waals surface area contributed by atoms with Crippen LogP contribution in [-0.2, 0) is 6.18 Å². The second kappa shape index (κ2) is 6.15. The summed E-state index contributed by atoms with van der Waals surface area (Å²) in [6.45, 7) is 2.59. The third kappa shape index (κ3) is 4.86. The van der Waals surface area contributed by atoms with Crippen molar-refractivity contribution in [3.63, 3.8) is 0 Å². The largest absolute Gasteiger partial charge is 0.416 e. The minimum atomic E-state index is -4.28. The molecule has 17 heavy (non-hydrogen) atoms. The molecule has 0 aliphatic rings. The van der Waals surface area contributed by atoms with E-state index in [1.807, 2.05) is 6.92 Å². The number of rotatable bonds is 5. The molecule has 1 aromatic rings. The summed E-state index contributed by atoms with van der Waals surface area (Å²) in [5.41, 5.74) is 0.0128. The van der Waals surface area contributed by atoms with Gasteiger partial charge < -0.3 is 5.32 Å². The van der Waals surface area contributed by atoms with Crippen molar-refractivity contribution in [2.75, 3.05) is 11.9 Å². The van der Waals surface area contributed by atoms with Crippen LogP contribution in [0, 0.1) is 0 Å². The first-order valence-electron chi connectivity index (χ1n) is 5.48. The summed E-state index contributed by atoms with van der Waals surface area (Å²) in [5.74, 6) is 0. The first-order chi connectivity index (χ1) is 7.93. The van der Waals surface area contributed by atoms with E-state index in [9.17, 15) is 13.2 Å². The predicted octanol–water partition coefficient (Wildman–Crippen LogP) is 4.52. The molecule has 5 heteroatoms. The van der Waals surface area contributed by atoms with Crippen LogP contribution in [0.2, 0.25) is 0 Å². The van der Waals surface area contributed by atoms with E-state index in [1.165, 1.54) is 12.1 Å². The van der Waals surface area contributed by atoms with E-state index in [0.29, 0.717) is 12.2 Å². The Hall–Kier alpha value is -0.900. The molecule has 1 aromatic carbocycles. The van der Waals surface area contributed by atoms with E-state index in [-0.39, 0.29) is 5.38 Å². The highest BCUT2D eigenvalue weighted by Crippen LogP contribution is 2.29. The van der Waals surface area contributed by atoms with Gasteiger partial charge in [0.05, 0.1) is 10.9 Å². The summed E-state index contributed by atoms with van der Waals surface area (Å²) >= 11 is 5.99. The number of hydrogen-bond acceptors (Lipinski definition) is 1. The molecule has 0 spiro atoms. The zero-order valence-corrected chi connectivity index (χ0v) is 10.3. The van der Waals surface area contributed by atoms with E-state index >= 15 is 0 Å². The molecule has 1 N–H and O–H groups in total. The monoisotopic (exact) mass is 265 g/mol. The fourth-order valence-corrected chi connectivity index (χ4v) is 1.72. The first-order valence-corrected chi connectivity index (χ1v) is 5.92. The fourth-order valence-electron chi connectivity index (χ4n) is 1.42. The summed E-state index contributed by atoms with van der Waals surface area (Å²) < 4.78 is 36.9. The van der Waals surface area contributed by atoms with Crippen molar-refractivity contribution in [2.45, 2.75) is 31.3 Å². The summed E-state index contributed by atoms with van der Waals surface area (Å²) in [7, 11) is 0. The molecule has 1 nitrogen and oxygen atoms in total. The summed E-state index contributed by atoms with van der Waals surface area (Å²) in [6.07, 6.45) is -2.41. The summed E-state index contributed by atoms with van der Waals surface area (Å²) in [6, 6.07) is 4.95. The molecule has 0 aromatic heterocycles. The second-order valence-corrected chi connectivity index (χ2v) is 4.46. The Kier molecular flexibility index (Phi) is 5.12. The molecule has 0 bridgehead atoms. The Labute approximate surface area is 104 Å². The molecule has 0 aliphatic carbocycles. The standard InChI is InChI=1S/C12H15ClF3N/c1-2-3-10(13)8-17-11-6-4-9(5-7-11)12(14,15)16/h4-7,10,17H,2-3,8H2,1H3. The third-order valence-electron chi connectivity index (χ3n) is 2.34. The van der Waals surface area contributed by atoms with Crippen LogP contribution in [0.1, 0.15) is 25.3 Å². The highest BCUT2D eigenvalue weighted by atomic mass is 35.5. The third-order valence-corrected chi connectivity index (χ3v) is 2.71. The van der Waals surface area contributed by atoms with Crippen molar-refractivity contribution in [3.8, 4) is 0 Å². The maximum Gasteiger partial charge on any atom is 0.416 e. The van der Waals surface area contributed by atoms with Crippen LogP contribution in [0.4, 0.5) is 18.9 Å². The van der Waals surface area contributed by atoms with E-state index in [4.69, 9.17) is 11.6 Å². The molecule has 0 fully saturated rings. The molecular formula is C12H15ClF3N. The predicted molar refractivity (Wildman–Crippen MR) is 64.5 cm³/mol. The molecule has 0 amide bonds. The van der Waals surface area contributed by atoms with Crippen molar-refractivity contribution in [3.05, 3.63) is 29.8 Å². The molecule has 1 unspecified atom stereocenters. The molecule has 0 saturated heterocycles. The number of anilines is 1. The summed E-state index contributed by atoms with van der Waals surface area (Å²) in [5, 5.41) is 3.01. The highest BCUT2D eigenvalue weighted by Gasteiger charge is 2.29. The van der Waals surface area contributed by atoms with Crippen LogP contribution in [0.3, 0.4) is 0 Å². The van der Waals surface area contributed by atoms with Crippen LogP contribution < -0.4 is 5.32 Å². The minimum absolute atomic E-state index is 0.00212. The van der Waals surface area contributed by atoms with Crippen LogP contribution in [0.5, 0.6) is 0 Å². The normalized spacial score (nSPS) is 13.5. The lowest BCUT2D eigenvalue weighted by atomic mass is 10.2.